The second-order valence-corrected chi connectivity index (χ2v) is 10.6. The largest absolute Gasteiger partial charge is 0.494 e. The number of hydrogen-bond acceptors (Lipinski definition) is 7. The fraction of sp³-hybridized carbons (Fsp3) is 0.538. The van der Waals surface area contributed by atoms with Crippen LogP contribution in [0.2, 0.25) is 5.02 Å². The Morgan fingerprint density at radius 3 is 2.33 bits per heavy atom. The number of aromatic nitrogens is 2. The summed E-state index contributed by atoms with van der Waals surface area (Å²) in [6.45, 7) is 9.81. The summed E-state index contributed by atoms with van der Waals surface area (Å²) >= 11 is 5.88. The van der Waals surface area contributed by atoms with Gasteiger partial charge in [-0.1, -0.05) is 30.7 Å². The van der Waals surface area contributed by atoms with E-state index >= 15 is 0 Å². The van der Waals surface area contributed by atoms with Crippen molar-refractivity contribution in [2.24, 2.45) is 11.8 Å². The van der Waals surface area contributed by atoms with E-state index in [2.05, 4.69) is 27.1 Å². The van der Waals surface area contributed by atoms with Gasteiger partial charge in [0.2, 0.25) is 5.95 Å². The van der Waals surface area contributed by atoms with Crippen LogP contribution < -0.4 is 15.0 Å². The van der Waals surface area contributed by atoms with E-state index in [0.29, 0.717) is 34.8 Å². The molecule has 2 heterocycles. The summed E-state index contributed by atoms with van der Waals surface area (Å²) < 4.78 is 11.1. The van der Waals surface area contributed by atoms with E-state index in [1.54, 1.807) is 57.4 Å². The molecule has 0 aliphatic carbocycles. The summed E-state index contributed by atoms with van der Waals surface area (Å²) in [5.74, 6) is 1.32. The van der Waals surface area contributed by atoms with Crippen LogP contribution in [-0.2, 0) is 9.53 Å². The number of amides is 1. The minimum absolute atomic E-state index is 0.436. The Morgan fingerprint density at radius 2 is 1.78 bits per heavy atom. The number of halogens is 1. The molecule has 3 rings (SSSR count). The summed E-state index contributed by atoms with van der Waals surface area (Å²) in [5, 5.41) is 12.5. The van der Waals surface area contributed by atoms with E-state index in [1.807, 2.05) is 0 Å². The Hall–Kier alpha value is -3.07. The fourth-order valence-electron chi connectivity index (χ4n) is 4.21. The Labute approximate surface area is 217 Å². The summed E-state index contributed by atoms with van der Waals surface area (Å²) in [7, 11) is 0. The van der Waals surface area contributed by atoms with Gasteiger partial charge >= 0.3 is 12.1 Å². The Kier molecular flexibility index (Phi) is 9.37. The number of nitrogens with one attached hydrogen (secondary N) is 1. The Bertz CT molecular complexity index is 1000. The molecule has 2 atom stereocenters. The molecule has 1 aliphatic rings. The molecule has 1 aliphatic heterocycles. The number of carbonyl (C=O) groups is 2. The van der Waals surface area contributed by atoms with Crippen LogP contribution in [0.5, 0.6) is 5.75 Å². The molecule has 1 aromatic heterocycles. The lowest BCUT2D eigenvalue weighted by molar-refractivity contribution is -0.139. The maximum Gasteiger partial charge on any atom is 0.408 e. The smallest absolute Gasteiger partial charge is 0.408 e. The van der Waals surface area contributed by atoms with Crippen molar-refractivity contribution >= 4 is 29.6 Å². The van der Waals surface area contributed by atoms with E-state index in [-0.39, 0.29) is 0 Å². The first-order valence-electron chi connectivity index (χ1n) is 12.2. The fourth-order valence-corrected chi connectivity index (χ4v) is 4.30. The second-order valence-electron chi connectivity index (χ2n) is 10.1. The average Bonchev–Trinajstić information content (AvgIpc) is 2.82. The van der Waals surface area contributed by atoms with Gasteiger partial charge in [-0.05, 0) is 69.6 Å². The lowest BCUT2D eigenvalue weighted by Gasteiger charge is -2.34. The Morgan fingerprint density at radius 1 is 1.17 bits per heavy atom. The second kappa shape index (κ2) is 12.3. The number of carboxylic acid groups (broad SMARTS) is 1. The molecule has 36 heavy (non-hydrogen) atoms. The van der Waals surface area contributed by atoms with Gasteiger partial charge in [-0.3, -0.25) is 0 Å². The van der Waals surface area contributed by atoms with Crippen molar-refractivity contribution in [2.45, 2.75) is 58.6 Å². The zero-order chi connectivity index (χ0) is 26.3. The lowest BCUT2D eigenvalue weighted by atomic mass is 9.84. The van der Waals surface area contributed by atoms with Gasteiger partial charge in [0.15, 0.2) is 6.04 Å². The van der Waals surface area contributed by atoms with Gasteiger partial charge in [0, 0.05) is 13.1 Å². The summed E-state index contributed by atoms with van der Waals surface area (Å²) in [4.78, 5) is 34.5. The third kappa shape index (κ3) is 8.26. The topological polar surface area (TPSA) is 114 Å². The molecule has 1 amide bonds. The third-order valence-corrected chi connectivity index (χ3v) is 6.39. The third-order valence-electron chi connectivity index (χ3n) is 6.20. The molecule has 2 aromatic rings. The van der Waals surface area contributed by atoms with Crippen LogP contribution in [0, 0.1) is 11.8 Å². The van der Waals surface area contributed by atoms with Crippen LogP contribution in [-0.4, -0.2) is 52.4 Å². The van der Waals surface area contributed by atoms with Crippen LogP contribution in [0.25, 0.3) is 0 Å². The maximum absolute atomic E-state index is 12.0. The van der Waals surface area contributed by atoms with Crippen LogP contribution >= 0.6 is 11.6 Å². The van der Waals surface area contributed by atoms with Gasteiger partial charge in [-0.15, -0.1) is 0 Å². The zero-order valence-electron chi connectivity index (χ0n) is 21.2. The SMILES string of the molecule is C[C@H](CCOc1ccc([C@H](NC(=O)OC(C)(C)C)C(=O)O)cc1)C1CCN(c2ncc(Cl)cn2)CC1. The van der Waals surface area contributed by atoms with Gasteiger partial charge in [0.05, 0.1) is 24.0 Å². The highest BCUT2D eigenvalue weighted by Crippen LogP contribution is 2.29. The average molecular weight is 519 g/mol. The molecular formula is C26H35ClN4O5. The number of carbonyl (C=O) groups excluding carboxylic acids is 1. The first-order chi connectivity index (χ1) is 17.0. The predicted molar refractivity (Wildman–Crippen MR) is 137 cm³/mol. The quantitative estimate of drug-likeness (QED) is 0.471. The number of carboxylic acids is 1. The molecule has 10 heteroatoms. The van der Waals surface area contributed by atoms with Crippen LogP contribution in [0.4, 0.5) is 10.7 Å². The van der Waals surface area contributed by atoms with Crippen LogP contribution in [0.1, 0.15) is 58.6 Å². The van der Waals surface area contributed by atoms with Crippen molar-refractivity contribution in [3.8, 4) is 5.75 Å². The van der Waals surface area contributed by atoms with Crippen LogP contribution in [0.15, 0.2) is 36.7 Å². The molecule has 2 N–H and O–H groups in total. The van der Waals surface area contributed by atoms with Gasteiger partial charge in [0.25, 0.3) is 0 Å². The van der Waals surface area contributed by atoms with E-state index in [4.69, 9.17) is 21.1 Å². The molecule has 9 nitrogen and oxygen atoms in total. The molecule has 0 saturated carbocycles. The molecule has 0 spiro atoms. The van der Waals surface area contributed by atoms with Crippen molar-refractivity contribution < 1.29 is 24.2 Å². The minimum atomic E-state index is -1.21. The molecule has 1 fully saturated rings. The van der Waals surface area contributed by atoms with E-state index < -0.39 is 23.7 Å². The highest BCUT2D eigenvalue weighted by molar-refractivity contribution is 6.30. The van der Waals surface area contributed by atoms with E-state index in [0.717, 1.165) is 38.3 Å². The van der Waals surface area contributed by atoms with Gasteiger partial charge < -0.3 is 24.8 Å². The van der Waals surface area contributed by atoms with E-state index in [9.17, 15) is 14.7 Å². The number of aliphatic carboxylic acids is 1. The van der Waals surface area contributed by atoms with Gasteiger partial charge in [-0.2, -0.15) is 0 Å². The van der Waals surface area contributed by atoms with Crippen molar-refractivity contribution in [3.63, 3.8) is 0 Å². The highest BCUT2D eigenvalue weighted by Gasteiger charge is 2.26. The molecule has 196 valence electrons. The summed E-state index contributed by atoms with van der Waals surface area (Å²) in [6, 6.07) is 5.51. The first kappa shape index (κ1) is 27.5. The monoisotopic (exact) mass is 518 g/mol. The summed E-state index contributed by atoms with van der Waals surface area (Å²) in [5.41, 5.74) is -0.283. The van der Waals surface area contributed by atoms with E-state index in [1.165, 1.54) is 0 Å². The number of piperidine rings is 1. The molecule has 0 bridgehead atoms. The predicted octanol–water partition coefficient (Wildman–Crippen LogP) is 5.10. The number of hydrogen-bond donors (Lipinski definition) is 2. The standard InChI is InChI=1S/C26H35ClN4O5/c1-17(18-9-12-31(13-10-18)24-28-15-20(27)16-29-24)11-14-35-21-7-5-19(6-8-21)22(23(32)33)30-25(34)36-26(2,3)4/h5-8,15-18,22H,9-14H2,1-4H3,(H,30,34)(H,32,33)/t17-,22+/m1/s1. The minimum Gasteiger partial charge on any atom is -0.494 e. The van der Waals surface area contributed by atoms with Crippen LogP contribution in [0.3, 0.4) is 0 Å². The highest BCUT2D eigenvalue weighted by atomic mass is 35.5. The maximum atomic E-state index is 12.0. The first-order valence-corrected chi connectivity index (χ1v) is 12.6. The zero-order valence-corrected chi connectivity index (χ0v) is 22.0. The van der Waals surface area contributed by atoms with Crippen molar-refractivity contribution in [1.29, 1.82) is 0 Å². The number of benzene rings is 1. The van der Waals surface area contributed by atoms with Gasteiger partial charge in [-0.25, -0.2) is 19.6 Å². The summed E-state index contributed by atoms with van der Waals surface area (Å²) in [6.07, 6.45) is 5.54. The molecule has 0 radical (unpaired) electrons. The number of rotatable bonds is 9. The number of nitrogens with zero attached hydrogens (tertiary/aromatic N) is 3. The molecule has 1 saturated heterocycles. The number of alkyl carbamates (subject to hydrolysis) is 1. The molecular weight excluding hydrogens is 484 g/mol. The van der Waals surface area contributed by atoms with Crippen molar-refractivity contribution in [3.05, 3.63) is 47.2 Å². The number of anilines is 1. The molecule has 1 aromatic carbocycles. The Balaban J connectivity index is 1.44. The molecule has 0 unspecified atom stereocenters. The normalized spacial score (nSPS) is 16.2. The van der Waals surface area contributed by atoms with Gasteiger partial charge in [0.1, 0.15) is 11.4 Å². The van der Waals surface area contributed by atoms with Crippen molar-refractivity contribution in [1.82, 2.24) is 15.3 Å². The van der Waals surface area contributed by atoms with Crippen molar-refractivity contribution in [2.75, 3.05) is 24.6 Å². The lowest BCUT2D eigenvalue weighted by Crippen LogP contribution is -2.38. The number of ether oxygens (including phenoxy) is 2.